The van der Waals surface area contributed by atoms with Crippen LogP contribution in [0.5, 0.6) is 28.7 Å². The highest BCUT2D eigenvalue weighted by Gasteiger charge is 2.33. The molecule has 0 bridgehead atoms. The second-order valence-corrected chi connectivity index (χ2v) is 34.4. The maximum absolute atomic E-state index is 13.0. The summed E-state index contributed by atoms with van der Waals surface area (Å²) in [6.07, 6.45) is 31.4. The lowest BCUT2D eigenvalue weighted by atomic mass is 9.73. The third-order valence-electron chi connectivity index (χ3n) is 23.0. The summed E-state index contributed by atoms with van der Waals surface area (Å²) in [5.41, 5.74) is 9.00. The van der Waals surface area contributed by atoms with Crippen LogP contribution in [0.2, 0.25) is 0 Å². The van der Waals surface area contributed by atoms with Gasteiger partial charge in [-0.3, -0.25) is 33.6 Å². The smallest absolute Gasteiger partial charge is 0.335 e. The number of ketones is 7. The monoisotopic (exact) mass is 1900 g/mol. The van der Waals surface area contributed by atoms with Gasteiger partial charge in [0.2, 0.25) is 0 Å². The van der Waals surface area contributed by atoms with Crippen LogP contribution >= 0.6 is 0 Å². The quantitative estimate of drug-likeness (QED) is 0.00854. The van der Waals surface area contributed by atoms with Crippen molar-refractivity contribution in [3.05, 3.63) is 313 Å². The molecule has 0 saturated heterocycles. The zero-order valence-corrected chi connectivity index (χ0v) is 83.1. The SMILES string of the molecule is C=CC(=O)OCCCCCCOc1ccc(C(=O)c2ccc(C(=O)C(C)CCCCCC)cc2)cc1.C=CC(=O)OCCCCCCOc1ccc(C(=O)c2ccc(C=C3C(=O)C(C(C)C)CCC3C)cc2)cc1.C=CC(=O)OCCCCOc1ccc(C(C)=O)cc1.C=CC(=O)OCCCCOc1ccc(C(C)=O)cc1.C=CC(=O)Oc1ccc(-c2ccc(C(=O)C(C)CCCCCC)cc2)cc1. The van der Waals surface area contributed by atoms with E-state index in [4.69, 9.17) is 42.6 Å². The first-order chi connectivity index (χ1) is 67.1. The number of ether oxygens (including phenoxy) is 9. The number of hydrogen-bond donors (Lipinski definition) is 0. The van der Waals surface area contributed by atoms with Gasteiger partial charge >= 0.3 is 29.8 Å². The molecule has 8 aromatic carbocycles. The van der Waals surface area contributed by atoms with Gasteiger partial charge in [0.25, 0.3) is 0 Å². The van der Waals surface area contributed by atoms with Crippen LogP contribution in [0.3, 0.4) is 0 Å². The van der Waals surface area contributed by atoms with Crippen molar-refractivity contribution in [1.82, 2.24) is 0 Å². The van der Waals surface area contributed by atoms with Gasteiger partial charge < -0.3 is 42.6 Å². The number of benzene rings is 8. The fourth-order valence-corrected chi connectivity index (χ4v) is 14.5. The minimum atomic E-state index is -0.477. The van der Waals surface area contributed by atoms with Gasteiger partial charge in [-0.05, 0) is 266 Å². The maximum Gasteiger partial charge on any atom is 0.335 e. The molecular formula is C118H144O21. The summed E-state index contributed by atoms with van der Waals surface area (Å²) in [4.78, 5) is 141. The molecule has 0 heterocycles. The van der Waals surface area contributed by atoms with Crippen LogP contribution in [0.4, 0.5) is 0 Å². The Labute approximate surface area is 823 Å². The first kappa shape index (κ1) is 116. The first-order valence-electron chi connectivity index (χ1n) is 48.9. The number of rotatable bonds is 57. The van der Waals surface area contributed by atoms with E-state index in [9.17, 15) is 57.5 Å². The maximum atomic E-state index is 13.0. The zero-order valence-electron chi connectivity index (χ0n) is 83.1. The van der Waals surface area contributed by atoms with Crippen LogP contribution in [-0.4, -0.2) is 123 Å². The summed E-state index contributed by atoms with van der Waals surface area (Å²) < 4.78 is 47.2. The van der Waals surface area contributed by atoms with E-state index in [1.54, 1.807) is 121 Å². The minimum absolute atomic E-state index is 0.00187. The molecule has 139 heavy (non-hydrogen) atoms. The highest BCUT2D eigenvalue weighted by molar-refractivity contribution is 6.10. The molecule has 9 rings (SSSR count). The van der Waals surface area contributed by atoms with Crippen LogP contribution in [0, 0.1) is 29.6 Å². The van der Waals surface area contributed by atoms with E-state index in [-0.39, 0.29) is 76.1 Å². The normalized spacial score (nSPS) is 12.9. The second-order valence-electron chi connectivity index (χ2n) is 34.4. The largest absolute Gasteiger partial charge is 0.494 e. The van der Waals surface area contributed by atoms with Crippen molar-refractivity contribution in [2.45, 2.75) is 216 Å². The average molecular weight is 1900 g/mol. The Balaban J connectivity index is 0.000000315. The van der Waals surface area contributed by atoms with E-state index in [1.807, 2.05) is 92.7 Å². The highest BCUT2D eigenvalue weighted by Crippen LogP contribution is 2.36. The van der Waals surface area contributed by atoms with E-state index < -0.39 is 17.9 Å². The number of Topliss-reactive ketones (excluding diaryl/α,β-unsaturated/α-hetero) is 5. The van der Waals surface area contributed by atoms with E-state index in [1.165, 1.54) is 64.5 Å². The van der Waals surface area contributed by atoms with Crippen molar-refractivity contribution in [1.29, 1.82) is 0 Å². The lowest BCUT2D eigenvalue weighted by Crippen LogP contribution is -2.30. The molecular weight excluding hydrogens is 1750 g/mol. The molecule has 8 aromatic rings. The molecule has 4 atom stereocenters. The predicted octanol–water partition coefficient (Wildman–Crippen LogP) is 26.4. The third kappa shape index (κ3) is 46.0. The Kier molecular flexibility index (Phi) is 56.4. The van der Waals surface area contributed by atoms with Gasteiger partial charge in [0.1, 0.15) is 28.7 Å². The molecule has 0 spiro atoms. The lowest BCUT2D eigenvalue weighted by Gasteiger charge is -2.30. The zero-order chi connectivity index (χ0) is 101. The van der Waals surface area contributed by atoms with Gasteiger partial charge in [0.15, 0.2) is 40.5 Å². The molecule has 0 radical (unpaired) electrons. The molecule has 1 aliphatic carbocycles. The molecule has 21 nitrogen and oxygen atoms in total. The predicted molar refractivity (Wildman–Crippen MR) is 549 cm³/mol. The van der Waals surface area contributed by atoms with E-state index >= 15 is 0 Å². The van der Waals surface area contributed by atoms with E-state index in [0.717, 1.165) is 185 Å². The van der Waals surface area contributed by atoms with Crippen LogP contribution < -0.4 is 23.7 Å². The molecule has 1 saturated carbocycles. The van der Waals surface area contributed by atoms with Gasteiger partial charge in [0, 0.05) is 92.6 Å². The van der Waals surface area contributed by atoms with Crippen molar-refractivity contribution < 1.29 is 100 Å². The molecule has 0 N–H and O–H groups in total. The summed E-state index contributed by atoms with van der Waals surface area (Å²) in [6.45, 7) is 38.4. The Bertz CT molecular complexity index is 5090. The molecule has 0 aliphatic heterocycles. The minimum Gasteiger partial charge on any atom is -0.494 e. The Morgan fingerprint density at radius 3 is 0.899 bits per heavy atom. The number of allylic oxidation sites excluding steroid dienone is 1. The molecule has 0 amide bonds. The summed E-state index contributed by atoms with van der Waals surface area (Å²) in [7, 11) is 0. The van der Waals surface area contributed by atoms with Gasteiger partial charge in [-0.15, -0.1) is 0 Å². The summed E-state index contributed by atoms with van der Waals surface area (Å²) in [6, 6.07) is 57.9. The number of hydrogen-bond acceptors (Lipinski definition) is 21. The number of carbonyl (C=O) groups excluding carboxylic acids is 12. The van der Waals surface area contributed by atoms with Crippen molar-refractivity contribution in [3.63, 3.8) is 0 Å². The van der Waals surface area contributed by atoms with Crippen LogP contribution in [-0.2, 0) is 47.7 Å². The van der Waals surface area contributed by atoms with Gasteiger partial charge in [-0.2, -0.15) is 0 Å². The summed E-state index contributed by atoms with van der Waals surface area (Å²) in [5, 5.41) is 0. The molecule has 1 fully saturated rings. The Morgan fingerprint density at radius 2 is 0.583 bits per heavy atom. The van der Waals surface area contributed by atoms with Crippen molar-refractivity contribution in [2.75, 3.05) is 52.9 Å². The third-order valence-corrected chi connectivity index (χ3v) is 23.0. The Hall–Kier alpha value is -13.6. The van der Waals surface area contributed by atoms with Crippen molar-refractivity contribution in [3.8, 4) is 39.9 Å². The number of esters is 5. The second kappa shape index (κ2) is 67.6. The topological polar surface area (TPSA) is 288 Å². The van der Waals surface area contributed by atoms with Crippen molar-refractivity contribution >= 4 is 76.4 Å². The van der Waals surface area contributed by atoms with Crippen molar-refractivity contribution in [2.24, 2.45) is 29.6 Å². The number of unbranched alkanes of at least 4 members (excludes halogenated alkanes) is 14. The summed E-state index contributed by atoms with van der Waals surface area (Å²) >= 11 is 0. The molecule has 0 aromatic heterocycles. The molecule has 4 unspecified atom stereocenters. The van der Waals surface area contributed by atoms with Crippen LogP contribution in [0.15, 0.2) is 263 Å². The molecule has 1 aliphatic rings. The first-order valence-corrected chi connectivity index (χ1v) is 48.9. The standard InChI is InChI=1S/C33H40O5.C31H40O5.C24H28O3.2C15H18O4/c1-5-31(34)38-21-9-7-6-8-20-37-28-17-15-27(16-18-28)32(35)26-13-11-25(12-14-26)22-30-24(4)10-19-29(23(2)3)33(30)36;1-4-6-7-10-13-24(3)30(33)25-14-16-26(17-15-25)31(34)27-18-20-28(21-19-27)35-22-11-8-9-12-23-36-29(32)5-2;1-4-6-7-8-9-18(3)24(26)21-12-10-19(11-13-21)20-14-16-22(17-15-20)27-23(25)5-2;2*1-3-15(17)19-11-5-4-10-18-14-8-6-13(7-9-14)12(2)16/h5,11-18,22-24,29H,1,6-10,19-21H2,2-4H3;5,14-21,24H,2,4,6-13,22-23H2,1,3H3;5,10-18H,2,4,6-9H2,1,3H3;2*3,6-9H,1,4-5,10-11H2,2H3. The van der Waals surface area contributed by atoms with Gasteiger partial charge in [0.05, 0.1) is 52.9 Å². The van der Waals surface area contributed by atoms with E-state index in [2.05, 4.69) is 67.5 Å². The molecule has 742 valence electrons. The van der Waals surface area contributed by atoms with Gasteiger partial charge in [-0.1, -0.05) is 218 Å². The summed E-state index contributed by atoms with van der Waals surface area (Å²) in [5.74, 6) is 2.69. The fraction of sp³-hybridized carbons (Fsp3) is 0.390. The molecule has 21 heteroatoms. The Morgan fingerprint density at radius 1 is 0.317 bits per heavy atom. The fourth-order valence-electron chi connectivity index (χ4n) is 14.5. The lowest BCUT2D eigenvalue weighted by molar-refractivity contribution is -0.138. The van der Waals surface area contributed by atoms with Gasteiger partial charge in [-0.25, -0.2) is 24.0 Å². The van der Waals surface area contributed by atoms with E-state index in [0.29, 0.717) is 103 Å². The highest BCUT2D eigenvalue weighted by atomic mass is 16.6. The number of carbonyl (C=O) groups is 12. The van der Waals surface area contributed by atoms with Crippen LogP contribution in [0.1, 0.15) is 295 Å². The van der Waals surface area contributed by atoms with Crippen LogP contribution in [0.25, 0.3) is 17.2 Å². The average Bonchev–Trinajstić information content (AvgIpc) is 0.805.